The van der Waals surface area contributed by atoms with E-state index in [1.165, 1.54) is 6.20 Å². The molecule has 1 N–H and O–H groups in total. The minimum atomic E-state index is -0.518. The highest BCUT2D eigenvalue weighted by Gasteiger charge is 2.05. The highest BCUT2D eigenvalue weighted by Crippen LogP contribution is 2.00. The number of rotatable bonds is 3. The molecule has 0 spiro atoms. The fraction of sp³-hybridized carbons (Fsp3) is 0.273. The molecule has 15 heavy (non-hydrogen) atoms. The lowest BCUT2D eigenvalue weighted by Crippen LogP contribution is -2.24. The van der Waals surface area contributed by atoms with E-state index in [4.69, 9.17) is 0 Å². The van der Waals surface area contributed by atoms with Gasteiger partial charge in [-0.25, -0.2) is 4.39 Å². The van der Waals surface area contributed by atoms with Crippen LogP contribution in [0, 0.1) is 17.7 Å². The first-order chi connectivity index (χ1) is 7.24. The average molecular weight is 206 g/mol. The lowest BCUT2D eigenvalue weighted by atomic mass is 10.2. The number of carbonyl (C=O) groups is 1. The first-order valence-corrected chi connectivity index (χ1v) is 4.52. The molecule has 0 aliphatic carbocycles. The van der Waals surface area contributed by atoms with E-state index in [-0.39, 0.29) is 11.5 Å². The third kappa shape index (κ3) is 3.77. The summed E-state index contributed by atoms with van der Waals surface area (Å²) in [4.78, 5) is 15.0. The maximum atomic E-state index is 12.7. The molecule has 0 atom stereocenters. The van der Waals surface area contributed by atoms with Crippen LogP contribution in [0.15, 0.2) is 18.5 Å². The van der Waals surface area contributed by atoms with Crippen LogP contribution < -0.4 is 5.32 Å². The molecule has 0 radical (unpaired) electrons. The van der Waals surface area contributed by atoms with E-state index in [1.807, 2.05) is 0 Å². The van der Waals surface area contributed by atoms with Gasteiger partial charge in [0.25, 0.3) is 5.91 Å². The van der Waals surface area contributed by atoms with Gasteiger partial charge in [0.15, 0.2) is 0 Å². The Hall–Kier alpha value is -1.89. The van der Waals surface area contributed by atoms with Crippen LogP contribution in [-0.4, -0.2) is 17.4 Å². The molecule has 0 saturated carbocycles. The Labute approximate surface area is 87.7 Å². The number of nitrogens with zero attached hydrogens (tertiary/aromatic N) is 1. The van der Waals surface area contributed by atoms with Gasteiger partial charge >= 0.3 is 0 Å². The van der Waals surface area contributed by atoms with Crippen molar-refractivity contribution in [2.45, 2.75) is 13.3 Å². The predicted octanol–water partition coefficient (Wildman–Crippen LogP) is 1.36. The summed E-state index contributed by atoms with van der Waals surface area (Å²) in [6.07, 6.45) is 2.97. The minimum Gasteiger partial charge on any atom is -0.351 e. The molecule has 0 aromatic carbocycles. The van der Waals surface area contributed by atoms with Crippen LogP contribution >= 0.6 is 0 Å². The number of aromatic nitrogens is 1. The molecule has 0 bridgehead atoms. The maximum absolute atomic E-state index is 12.7. The van der Waals surface area contributed by atoms with Gasteiger partial charge in [-0.3, -0.25) is 9.78 Å². The average Bonchev–Trinajstić information content (AvgIpc) is 2.24. The quantitative estimate of drug-likeness (QED) is 0.599. The summed E-state index contributed by atoms with van der Waals surface area (Å²) in [7, 11) is 0. The minimum absolute atomic E-state index is 0.222. The van der Waals surface area contributed by atoms with E-state index in [9.17, 15) is 9.18 Å². The molecule has 0 unspecified atom stereocenters. The fourth-order valence-corrected chi connectivity index (χ4v) is 1.00. The summed E-state index contributed by atoms with van der Waals surface area (Å²) in [5, 5.41) is 2.61. The van der Waals surface area contributed by atoms with Crippen LogP contribution in [0.3, 0.4) is 0 Å². The molecule has 0 aliphatic rings. The second kappa shape index (κ2) is 5.76. The molecule has 3 nitrogen and oxygen atoms in total. The van der Waals surface area contributed by atoms with Crippen molar-refractivity contribution in [1.82, 2.24) is 10.3 Å². The van der Waals surface area contributed by atoms with E-state index >= 15 is 0 Å². The predicted molar refractivity (Wildman–Crippen MR) is 54.6 cm³/mol. The monoisotopic (exact) mass is 206 g/mol. The SMILES string of the molecule is CC#CCCNC(=O)c1cncc(F)c1. The van der Waals surface area contributed by atoms with Crippen LogP contribution in [-0.2, 0) is 0 Å². The summed E-state index contributed by atoms with van der Waals surface area (Å²) in [5.74, 6) is 4.68. The maximum Gasteiger partial charge on any atom is 0.252 e. The zero-order valence-corrected chi connectivity index (χ0v) is 8.38. The Morgan fingerprint density at radius 1 is 1.60 bits per heavy atom. The highest BCUT2D eigenvalue weighted by molar-refractivity contribution is 5.93. The molecule has 1 aromatic heterocycles. The van der Waals surface area contributed by atoms with Gasteiger partial charge in [-0.1, -0.05) is 0 Å². The molecule has 4 heteroatoms. The van der Waals surface area contributed by atoms with E-state index in [1.54, 1.807) is 6.92 Å². The molecule has 0 saturated heterocycles. The van der Waals surface area contributed by atoms with Gasteiger partial charge in [0.05, 0.1) is 11.8 Å². The number of hydrogen-bond acceptors (Lipinski definition) is 2. The Kier molecular flexibility index (Phi) is 4.30. The summed E-state index contributed by atoms with van der Waals surface area (Å²) in [6.45, 7) is 2.19. The second-order valence-corrected chi connectivity index (χ2v) is 2.82. The van der Waals surface area contributed by atoms with Crippen molar-refractivity contribution in [3.63, 3.8) is 0 Å². The van der Waals surface area contributed by atoms with Crippen LogP contribution in [0.25, 0.3) is 0 Å². The molecule has 0 fully saturated rings. The van der Waals surface area contributed by atoms with E-state index in [2.05, 4.69) is 22.1 Å². The van der Waals surface area contributed by atoms with E-state index < -0.39 is 5.82 Å². The highest BCUT2D eigenvalue weighted by atomic mass is 19.1. The lowest BCUT2D eigenvalue weighted by Gasteiger charge is -2.01. The molecule has 1 aromatic rings. The standard InChI is InChI=1S/C11H11FN2O/c1-2-3-4-5-14-11(15)9-6-10(12)8-13-7-9/h6-8H,4-5H2,1H3,(H,14,15). The van der Waals surface area contributed by atoms with Crippen molar-refractivity contribution in [3.8, 4) is 11.8 Å². The number of amides is 1. The molecule has 78 valence electrons. The van der Waals surface area contributed by atoms with Crippen molar-refractivity contribution in [2.24, 2.45) is 0 Å². The van der Waals surface area contributed by atoms with Crippen LogP contribution in [0.5, 0.6) is 0 Å². The van der Waals surface area contributed by atoms with Gasteiger partial charge < -0.3 is 5.32 Å². The lowest BCUT2D eigenvalue weighted by molar-refractivity contribution is 0.0953. The van der Waals surface area contributed by atoms with Crippen molar-refractivity contribution in [1.29, 1.82) is 0 Å². The third-order valence-corrected chi connectivity index (χ3v) is 1.68. The number of halogens is 1. The van der Waals surface area contributed by atoms with Gasteiger partial charge in [0.1, 0.15) is 5.82 Å². The molecule has 1 heterocycles. The fourth-order valence-electron chi connectivity index (χ4n) is 1.00. The zero-order chi connectivity index (χ0) is 11.1. The van der Waals surface area contributed by atoms with Crippen molar-refractivity contribution >= 4 is 5.91 Å². The number of nitrogens with one attached hydrogen (secondary N) is 1. The largest absolute Gasteiger partial charge is 0.351 e. The van der Waals surface area contributed by atoms with Crippen molar-refractivity contribution in [3.05, 3.63) is 29.8 Å². The van der Waals surface area contributed by atoms with Crippen molar-refractivity contribution in [2.75, 3.05) is 6.54 Å². The molecular formula is C11H11FN2O. The van der Waals surface area contributed by atoms with Crippen LogP contribution in [0.1, 0.15) is 23.7 Å². The van der Waals surface area contributed by atoms with Gasteiger partial charge in [0.2, 0.25) is 0 Å². The van der Waals surface area contributed by atoms with Gasteiger partial charge in [-0.2, -0.15) is 0 Å². The Balaban J connectivity index is 2.49. The van der Waals surface area contributed by atoms with Crippen LogP contribution in [0.4, 0.5) is 4.39 Å². The molecule has 0 aliphatic heterocycles. The Morgan fingerprint density at radius 2 is 2.40 bits per heavy atom. The van der Waals surface area contributed by atoms with Crippen LogP contribution in [0.2, 0.25) is 0 Å². The van der Waals surface area contributed by atoms with Crippen molar-refractivity contribution < 1.29 is 9.18 Å². The Morgan fingerprint density at radius 3 is 3.07 bits per heavy atom. The molecule has 1 amide bonds. The third-order valence-electron chi connectivity index (χ3n) is 1.68. The molecule has 1 rings (SSSR count). The second-order valence-electron chi connectivity index (χ2n) is 2.82. The number of pyridine rings is 1. The topological polar surface area (TPSA) is 42.0 Å². The zero-order valence-electron chi connectivity index (χ0n) is 8.38. The summed E-state index contributed by atoms with van der Waals surface area (Å²) < 4.78 is 12.7. The van der Waals surface area contributed by atoms with Gasteiger partial charge in [0, 0.05) is 19.2 Å². The normalized spacial score (nSPS) is 8.93. The smallest absolute Gasteiger partial charge is 0.252 e. The summed E-state index contributed by atoms with van der Waals surface area (Å²) in [5.41, 5.74) is 0.222. The summed E-state index contributed by atoms with van der Waals surface area (Å²) >= 11 is 0. The number of carbonyl (C=O) groups excluding carboxylic acids is 1. The number of hydrogen-bond donors (Lipinski definition) is 1. The van der Waals surface area contributed by atoms with E-state index in [0.717, 1.165) is 12.3 Å². The van der Waals surface area contributed by atoms with Gasteiger partial charge in [-0.05, 0) is 13.0 Å². The van der Waals surface area contributed by atoms with E-state index in [0.29, 0.717) is 13.0 Å². The first-order valence-electron chi connectivity index (χ1n) is 4.52. The van der Waals surface area contributed by atoms with Gasteiger partial charge in [-0.15, -0.1) is 11.8 Å². The Bertz CT molecular complexity index is 407. The first kappa shape index (κ1) is 11.2. The summed E-state index contributed by atoms with van der Waals surface area (Å²) in [6, 6.07) is 1.15. The molecular weight excluding hydrogens is 195 g/mol.